The van der Waals surface area contributed by atoms with Gasteiger partial charge in [-0.25, -0.2) is 0 Å². The van der Waals surface area contributed by atoms with Crippen molar-refractivity contribution in [1.29, 1.82) is 0 Å². The molecular formula is C12H21N3O. The van der Waals surface area contributed by atoms with Crippen molar-refractivity contribution in [3.63, 3.8) is 0 Å². The van der Waals surface area contributed by atoms with Crippen LogP contribution in [-0.2, 0) is 13.5 Å². The van der Waals surface area contributed by atoms with Crippen molar-refractivity contribution in [2.75, 3.05) is 6.54 Å². The van der Waals surface area contributed by atoms with Crippen molar-refractivity contribution in [2.24, 2.45) is 7.05 Å². The van der Waals surface area contributed by atoms with E-state index in [4.69, 9.17) is 0 Å². The third-order valence-electron chi connectivity index (χ3n) is 3.54. The first-order valence-electron chi connectivity index (χ1n) is 6.16. The summed E-state index contributed by atoms with van der Waals surface area (Å²) in [5, 5.41) is 6.66. The van der Waals surface area contributed by atoms with Gasteiger partial charge in [0.1, 0.15) is 0 Å². The second-order valence-corrected chi connectivity index (χ2v) is 4.77. The lowest BCUT2D eigenvalue weighted by Crippen LogP contribution is -2.34. The Hall–Kier alpha value is -1.03. The number of aromatic amines is 1. The second kappa shape index (κ2) is 4.87. The van der Waals surface area contributed by atoms with E-state index in [1.807, 2.05) is 6.92 Å². The van der Waals surface area contributed by atoms with E-state index < -0.39 is 0 Å². The highest BCUT2D eigenvalue weighted by Gasteiger charge is 2.14. The number of nitrogens with zero attached hydrogens (tertiary/aromatic N) is 1. The van der Waals surface area contributed by atoms with Crippen molar-refractivity contribution >= 4 is 0 Å². The van der Waals surface area contributed by atoms with Crippen LogP contribution in [0.25, 0.3) is 0 Å². The Bertz CT molecular complexity index is 399. The Kier molecular flexibility index (Phi) is 3.49. The molecule has 0 radical (unpaired) electrons. The van der Waals surface area contributed by atoms with Gasteiger partial charge in [0.25, 0.3) is 5.56 Å². The van der Waals surface area contributed by atoms with Crippen molar-refractivity contribution in [3.8, 4) is 0 Å². The number of hydrogen-bond acceptors (Lipinski definition) is 2. The zero-order chi connectivity index (χ0) is 11.5. The van der Waals surface area contributed by atoms with Gasteiger partial charge in [-0.15, -0.1) is 0 Å². The number of H-pyrrole nitrogens is 1. The Labute approximate surface area is 96.0 Å². The molecular weight excluding hydrogens is 202 g/mol. The van der Waals surface area contributed by atoms with E-state index in [1.54, 1.807) is 11.7 Å². The molecule has 2 rings (SSSR count). The van der Waals surface area contributed by atoms with Gasteiger partial charge in [0.15, 0.2) is 0 Å². The molecule has 90 valence electrons. The average molecular weight is 223 g/mol. The van der Waals surface area contributed by atoms with E-state index >= 15 is 0 Å². The zero-order valence-corrected chi connectivity index (χ0v) is 10.2. The smallest absolute Gasteiger partial charge is 0.269 e. The summed E-state index contributed by atoms with van der Waals surface area (Å²) in [6.45, 7) is 3.05. The molecule has 1 aromatic rings. The number of hydrogen-bond donors (Lipinski definition) is 2. The molecule has 1 unspecified atom stereocenters. The monoisotopic (exact) mass is 223 g/mol. The third kappa shape index (κ3) is 2.38. The molecule has 4 heteroatoms. The van der Waals surface area contributed by atoms with Crippen LogP contribution in [0.2, 0.25) is 0 Å². The summed E-state index contributed by atoms with van der Waals surface area (Å²) in [4.78, 5) is 11.6. The first kappa shape index (κ1) is 11.5. The van der Waals surface area contributed by atoms with Crippen LogP contribution in [0.3, 0.4) is 0 Å². The van der Waals surface area contributed by atoms with Crippen molar-refractivity contribution < 1.29 is 0 Å². The Morgan fingerprint density at radius 2 is 2.25 bits per heavy atom. The lowest BCUT2D eigenvalue weighted by Gasteiger charge is -2.23. The van der Waals surface area contributed by atoms with E-state index in [2.05, 4.69) is 10.4 Å². The van der Waals surface area contributed by atoms with Gasteiger partial charge in [-0.2, -0.15) is 0 Å². The van der Waals surface area contributed by atoms with Crippen molar-refractivity contribution in [1.82, 2.24) is 15.1 Å². The van der Waals surface area contributed by atoms with Gasteiger partial charge >= 0.3 is 0 Å². The minimum Gasteiger partial charge on any atom is -0.314 e. The standard InChI is InChI=1S/C12H21N3O/c1-9-11(14-15(2)12(9)16)7-6-10-5-3-4-8-13-10/h10,13-14H,3-8H2,1-2H3. The average Bonchev–Trinajstić information content (AvgIpc) is 2.56. The van der Waals surface area contributed by atoms with Crippen molar-refractivity contribution in [3.05, 3.63) is 21.6 Å². The third-order valence-corrected chi connectivity index (χ3v) is 3.54. The number of rotatable bonds is 3. The Balaban J connectivity index is 1.93. The summed E-state index contributed by atoms with van der Waals surface area (Å²) >= 11 is 0. The summed E-state index contributed by atoms with van der Waals surface area (Å²) < 4.78 is 1.57. The SMILES string of the molecule is Cc1c(CCC2CCCCN2)[nH]n(C)c1=O. The number of piperidine rings is 1. The van der Waals surface area contributed by atoms with Gasteiger partial charge in [0, 0.05) is 24.3 Å². The minimum atomic E-state index is 0.103. The molecule has 0 saturated carbocycles. The maximum Gasteiger partial charge on any atom is 0.269 e. The maximum atomic E-state index is 11.6. The highest BCUT2D eigenvalue weighted by Crippen LogP contribution is 2.13. The first-order valence-corrected chi connectivity index (χ1v) is 6.16. The quantitative estimate of drug-likeness (QED) is 0.806. The maximum absolute atomic E-state index is 11.6. The van der Waals surface area contributed by atoms with Crippen LogP contribution in [0.5, 0.6) is 0 Å². The second-order valence-electron chi connectivity index (χ2n) is 4.77. The Morgan fingerprint density at radius 3 is 2.81 bits per heavy atom. The summed E-state index contributed by atoms with van der Waals surface area (Å²) in [6, 6.07) is 0.636. The summed E-state index contributed by atoms with van der Waals surface area (Å²) in [5.41, 5.74) is 2.07. The molecule has 1 saturated heterocycles. The molecule has 1 aliphatic heterocycles. The van der Waals surface area contributed by atoms with Crippen LogP contribution in [0.1, 0.15) is 36.9 Å². The van der Waals surface area contributed by atoms with E-state index in [-0.39, 0.29) is 5.56 Å². The van der Waals surface area contributed by atoms with Crippen LogP contribution >= 0.6 is 0 Å². The molecule has 1 fully saturated rings. The molecule has 0 spiro atoms. The molecule has 16 heavy (non-hydrogen) atoms. The molecule has 0 amide bonds. The fourth-order valence-electron chi connectivity index (χ4n) is 2.45. The predicted molar refractivity (Wildman–Crippen MR) is 64.7 cm³/mol. The summed E-state index contributed by atoms with van der Waals surface area (Å²) in [6.07, 6.45) is 6.01. The fraction of sp³-hybridized carbons (Fsp3) is 0.750. The molecule has 2 heterocycles. The normalized spacial score (nSPS) is 21.2. The number of aromatic nitrogens is 2. The van der Waals surface area contributed by atoms with E-state index in [9.17, 15) is 4.79 Å². The van der Waals surface area contributed by atoms with E-state index in [1.165, 1.54) is 19.3 Å². The van der Waals surface area contributed by atoms with Crippen molar-refractivity contribution in [2.45, 2.75) is 45.1 Å². The van der Waals surface area contributed by atoms with Crippen LogP contribution in [0, 0.1) is 6.92 Å². The van der Waals surface area contributed by atoms with Gasteiger partial charge in [0.2, 0.25) is 0 Å². The fourth-order valence-corrected chi connectivity index (χ4v) is 2.45. The zero-order valence-electron chi connectivity index (χ0n) is 10.2. The summed E-state index contributed by atoms with van der Waals surface area (Å²) in [5.74, 6) is 0. The highest BCUT2D eigenvalue weighted by atomic mass is 16.1. The van der Waals surface area contributed by atoms with E-state index in [0.29, 0.717) is 6.04 Å². The topological polar surface area (TPSA) is 49.8 Å². The largest absolute Gasteiger partial charge is 0.314 e. The van der Waals surface area contributed by atoms with Gasteiger partial charge < -0.3 is 5.32 Å². The molecule has 1 aliphatic rings. The first-order chi connectivity index (χ1) is 7.68. The molecule has 4 nitrogen and oxygen atoms in total. The van der Waals surface area contributed by atoms with Crippen LogP contribution in [-0.4, -0.2) is 22.4 Å². The minimum absolute atomic E-state index is 0.103. The van der Waals surface area contributed by atoms with Gasteiger partial charge in [-0.1, -0.05) is 6.42 Å². The molecule has 1 atom stereocenters. The molecule has 1 aromatic heterocycles. The van der Waals surface area contributed by atoms with Crippen LogP contribution < -0.4 is 10.9 Å². The Morgan fingerprint density at radius 1 is 1.44 bits per heavy atom. The lowest BCUT2D eigenvalue weighted by molar-refractivity contribution is 0.381. The molecule has 0 aromatic carbocycles. The lowest BCUT2D eigenvalue weighted by atomic mass is 9.99. The van der Waals surface area contributed by atoms with Gasteiger partial charge in [-0.3, -0.25) is 14.6 Å². The molecule has 0 aliphatic carbocycles. The highest BCUT2D eigenvalue weighted by molar-refractivity contribution is 5.15. The molecule has 0 bridgehead atoms. The van der Waals surface area contributed by atoms with Crippen LogP contribution in [0.4, 0.5) is 0 Å². The van der Waals surface area contributed by atoms with Gasteiger partial charge in [0.05, 0.1) is 0 Å². The van der Waals surface area contributed by atoms with Crippen LogP contribution in [0.15, 0.2) is 4.79 Å². The number of nitrogens with one attached hydrogen (secondary N) is 2. The van der Waals surface area contributed by atoms with Gasteiger partial charge in [-0.05, 0) is 39.2 Å². The predicted octanol–water partition coefficient (Wildman–Crippen LogP) is 1.10. The molecule has 2 N–H and O–H groups in total. The van der Waals surface area contributed by atoms with E-state index in [0.717, 1.165) is 30.6 Å². The summed E-state index contributed by atoms with van der Waals surface area (Å²) in [7, 11) is 1.78. The number of aryl methyl sites for hydroxylation is 2.